The molecule has 20 heavy (non-hydrogen) atoms. The van der Waals surface area contributed by atoms with E-state index in [1.807, 2.05) is 0 Å². The van der Waals surface area contributed by atoms with Crippen LogP contribution in [0.1, 0.15) is 44.3 Å². The first-order valence-electron chi connectivity index (χ1n) is 7.26. The van der Waals surface area contributed by atoms with Crippen molar-refractivity contribution < 1.29 is 10.0 Å². The molecule has 0 aromatic heterocycles. The molecular formula is C15H22N2O3. The van der Waals surface area contributed by atoms with Gasteiger partial charge in [-0.1, -0.05) is 13.3 Å². The Labute approximate surface area is 119 Å². The van der Waals surface area contributed by atoms with Crippen molar-refractivity contribution in [1.82, 2.24) is 5.32 Å². The molecule has 3 atom stereocenters. The van der Waals surface area contributed by atoms with Crippen LogP contribution in [-0.2, 0) is 0 Å². The molecule has 1 aliphatic heterocycles. The van der Waals surface area contributed by atoms with E-state index in [1.165, 1.54) is 25.0 Å². The van der Waals surface area contributed by atoms with Gasteiger partial charge in [0.1, 0.15) is 0 Å². The van der Waals surface area contributed by atoms with Crippen molar-refractivity contribution >= 4 is 5.69 Å². The third-order valence-electron chi connectivity index (χ3n) is 4.18. The maximum atomic E-state index is 10.6. The van der Waals surface area contributed by atoms with Crippen LogP contribution >= 0.6 is 0 Å². The number of nitro benzene ring substituents is 1. The number of nitro groups is 1. The Balaban J connectivity index is 1.93. The van der Waals surface area contributed by atoms with Crippen molar-refractivity contribution in [2.24, 2.45) is 5.92 Å². The molecule has 0 saturated carbocycles. The molecule has 3 unspecified atom stereocenters. The van der Waals surface area contributed by atoms with Crippen molar-refractivity contribution in [3.63, 3.8) is 0 Å². The van der Waals surface area contributed by atoms with E-state index in [0.717, 1.165) is 24.4 Å². The Morgan fingerprint density at radius 1 is 1.45 bits per heavy atom. The first kappa shape index (κ1) is 14.9. The molecule has 1 heterocycles. The van der Waals surface area contributed by atoms with E-state index in [9.17, 15) is 15.2 Å². The van der Waals surface area contributed by atoms with Gasteiger partial charge in [-0.2, -0.15) is 0 Å². The molecule has 2 N–H and O–H groups in total. The number of nitrogens with zero attached hydrogens (tertiary/aromatic N) is 1. The highest BCUT2D eigenvalue weighted by molar-refractivity contribution is 5.33. The fourth-order valence-electron chi connectivity index (χ4n) is 2.87. The zero-order valence-electron chi connectivity index (χ0n) is 11.8. The highest BCUT2D eigenvalue weighted by atomic mass is 16.6. The molecule has 2 rings (SSSR count). The van der Waals surface area contributed by atoms with Crippen LogP contribution in [0.2, 0.25) is 0 Å². The van der Waals surface area contributed by atoms with Crippen molar-refractivity contribution in [2.45, 2.75) is 44.8 Å². The lowest BCUT2D eigenvalue weighted by Gasteiger charge is -2.31. The molecule has 1 aromatic carbocycles. The highest BCUT2D eigenvalue weighted by Crippen LogP contribution is 2.27. The molecular weight excluding hydrogens is 256 g/mol. The van der Waals surface area contributed by atoms with Gasteiger partial charge in [0, 0.05) is 18.2 Å². The summed E-state index contributed by atoms with van der Waals surface area (Å²) in [4.78, 5) is 10.2. The molecule has 1 aliphatic rings. The van der Waals surface area contributed by atoms with E-state index < -0.39 is 11.0 Å². The van der Waals surface area contributed by atoms with Crippen LogP contribution in [0.4, 0.5) is 5.69 Å². The monoisotopic (exact) mass is 278 g/mol. The molecule has 0 amide bonds. The molecule has 1 saturated heterocycles. The summed E-state index contributed by atoms with van der Waals surface area (Å²) >= 11 is 0. The SMILES string of the molecule is CCC1CCNC(CC(O)c2ccc([N+](=O)[O-])cc2)C1. The Morgan fingerprint density at radius 3 is 2.75 bits per heavy atom. The summed E-state index contributed by atoms with van der Waals surface area (Å²) in [6, 6.07) is 6.51. The van der Waals surface area contributed by atoms with E-state index in [2.05, 4.69) is 12.2 Å². The van der Waals surface area contributed by atoms with E-state index in [4.69, 9.17) is 0 Å². The summed E-state index contributed by atoms with van der Waals surface area (Å²) in [5.74, 6) is 0.741. The molecule has 5 heteroatoms. The molecule has 0 bridgehead atoms. The van der Waals surface area contributed by atoms with Crippen molar-refractivity contribution in [3.05, 3.63) is 39.9 Å². The van der Waals surface area contributed by atoms with Crippen LogP contribution in [0, 0.1) is 16.0 Å². The topological polar surface area (TPSA) is 75.4 Å². The Hall–Kier alpha value is -1.46. The molecule has 0 spiro atoms. The highest BCUT2D eigenvalue weighted by Gasteiger charge is 2.23. The molecule has 0 aliphatic carbocycles. The summed E-state index contributed by atoms with van der Waals surface area (Å²) in [7, 11) is 0. The lowest BCUT2D eigenvalue weighted by Crippen LogP contribution is -2.38. The second-order valence-corrected chi connectivity index (χ2v) is 5.55. The maximum absolute atomic E-state index is 10.6. The number of aliphatic hydroxyl groups excluding tert-OH is 1. The van der Waals surface area contributed by atoms with Crippen LogP contribution < -0.4 is 5.32 Å². The summed E-state index contributed by atoms with van der Waals surface area (Å²) < 4.78 is 0. The molecule has 5 nitrogen and oxygen atoms in total. The summed E-state index contributed by atoms with van der Waals surface area (Å²) in [6.07, 6.45) is 3.59. The fraction of sp³-hybridized carbons (Fsp3) is 0.600. The fourth-order valence-corrected chi connectivity index (χ4v) is 2.87. The maximum Gasteiger partial charge on any atom is 0.269 e. The first-order chi connectivity index (χ1) is 9.60. The lowest BCUT2D eigenvalue weighted by atomic mass is 9.87. The third kappa shape index (κ3) is 3.77. The minimum Gasteiger partial charge on any atom is -0.388 e. The minimum absolute atomic E-state index is 0.0581. The zero-order chi connectivity index (χ0) is 14.5. The number of hydrogen-bond donors (Lipinski definition) is 2. The number of rotatable bonds is 5. The van der Waals surface area contributed by atoms with Crippen LogP contribution in [0.25, 0.3) is 0 Å². The van der Waals surface area contributed by atoms with Gasteiger partial charge in [0.2, 0.25) is 0 Å². The van der Waals surface area contributed by atoms with Crippen LogP contribution in [0.3, 0.4) is 0 Å². The molecule has 0 radical (unpaired) electrons. The van der Waals surface area contributed by atoms with E-state index in [1.54, 1.807) is 12.1 Å². The van der Waals surface area contributed by atoms with Gasteiger partial charge in [-0.05, 0) is 49.4 Å². The van der Waals surface area contributed by atoms with E-state index in [0.29, 0.717) is 12.5 Å². The molecule has 110 valence electrons. The van der Waals surface area contributed by atoms with Crippen molar-refractivity contribution in [1.29, 1.82) is 0 Å². The van der Waals surface area contributed by atoms with Gasteiger partial charge in [0.25, 0.3) is 5.69 Å². The van der Waals surface area contributed by atoms with Gasteiger partial charge in [-0.25, -0.2) is 0 Å². The Kier molecular flexibility index (Phi) is 5.09. The number of benzene rings is 1. The zero-order valence-corrected chi connectivity index (χ0v) is 11.8. The normalized spacial score (nSPS) is 24.3. The third-order valence-corrected chi connectivity index (χ3v) is 4.18. The predicted octanol–water partition coefficient (Wildman–Crippen LogP) is 2.80. The average Bonchev–Trinajstić information content (AvgIpc) is 2.47. The second-order valence-electron chi connectivity index (χ2n) is 5.55. The number of hydrogen-bond acceptors (Lipinski definition) is 4. The van der Waals surface area contributed by atoms with Crippen LogP contribution in [0.15, 0.2) is 24.3 Å². The van der Waals surface area contributed by atoms with Gasteiger partial charge in [0.05, 0.1) is 11.0 Å². The quantitative estimate of drug-likeness (QED) is 0.641. The van der Waals surface area contributed by atoms with Gasteiger partial charge >= 0.3 is 0 Å². The number of piperidine rings is 1. The van der Waals surface area contributed by atoms with E-state index >= 15 is 0 Å². The molecule has 1 fully saturated rings. The van der Waals surface area contributed by atoms with Gasteiger partial charge in [-0.15, -0.1) is 0 Å². The standard InChI is InChI=1S/C15H22N2O3/c1-2-11-7-8-16-13(9-11)10-15(18)12-3-5-14(6-4-12)17(19)20/h3-6,11,13,15-16,18H,2,7-10H2,1H3. The van der Waals surface area contributed by atoms with Crippen LogP contribution in [-0.4, -0.2) is 22.6 Å². The number of nitrogens with one attached hydrogen (secondary N) is 1. The van der Waals surface area contributed by atoms with Gasteiger partial charge in [0.15, 0.2) is 0 Å². The van der Waals surface area contributed by atoms with Crippen molar-refractivity contribution in [3.8, 4) is 0 Å². The number of non-ortho nitro benzene ring substituents is 1. The molecule has 1 aromatic rings. The summed E-state index contributed by atoms with van der Waals surface area (Å²) in [6.45, 7) is 3.22. The van der Waals surface area contributed by atoms with Crippen molar-refractivity contribution in [2.75, 3.05) is 6.54 Å². The van der Waals surface area contributed by atoms with Crippen LogP contribution in [0.5, 0.6) is 0 Å². The Bertz CT molecular complexity index is 447. The van der Waals surface area contributed by atoms with E-state index in [-0.39, 0.29) is 5.69 Å². The predicted molar refractivity (Wildman–Crippen MR) is 77.5 cm³/mol. The first-order valence-corrected chi connectivity index (χ1v) is 7.26. The Morgan fingerprint density at radius 2 is 2.15 bits per heavy atom. The average molecular weight is 278 g/mol. The summed E-state index contributed by atoms with van der Waals surface area (Å²) in [5, 5.41) is 24.3. The smallest absolute Gasteiger partial charge is 0.269 e. The number of aliphatic hydroxyl groups is 1. The largest absolute Gasteiger partial charge is 0.388 e. The summed E-state index contributed by atoms with van der Waals surface area (Å²) in [5.41, 5.74) is 0.804. The van der Waals surface area contributed by atoms with Gasteiger partial charge < -0.3 is 10.4 Å². The lowest BCUT2D eigenvalue weighted by molar-refractivity contribution is -0.384. The minimum atomic E-state index is -0.566. The second kappa shape index (κ2) is 6.81. The van der Waals surface area contributed by atoms with Gasteiger partial charge in [-0.3, -0.25) is 10.1 Å².